The highest BCUT2D eigenvalue weighted by Crippen LogP contribution is 2.35. The van der Waals surface area contributed by atoms with Gasteiger partial charge in [-0.15, -0.1) is 0 Å². The predicted molar refractivity (Wildman–Crippen MR) is 80.4 cm³/mol. The monoisotopic (exact) mass is 321 g/mol. The fourth-order valence-electron chi connectivity index (χ4n) is 2.83. The van der Waals surface area contributed by atoms with Gasteiger partial charge in [0.2, 0.25) is 11.8 Å². The van der Waals surface area contributed by atoms with Crippen LogP contribution in [0.2, 0.25) is 0 Å². The van der Waals surface area contributed by atoms with Crippen LogP contribution in [0.5, 0.6) is 5.88 Å². The zero-order chi connectivity index (χ0) is 16.6. The van der Waals surface area contributed by atoms with Gasteiger partial charge >= 0.3 is 0 Å². The molecule has 0 amide bonds. The van der Waals surface area contributed by atoms with Gasteiger partial charge in [-0.1, -0.05) is 6.07 Å². The maximum Gasteiger partial charge on any atom is 0.229 e. The first-order valence-electron chi connectivity index (χ1n) is 7.27. The van der Waals surface area contributed by atoms with Crippen molar-refractivity contribution < 1.29 is 18.6 Å². The molecule has 1 aromatic heterocycles. The molecule has 1 aromatic carbocycles. The number of aliphatic hydroxyl groups excluding tert-OH is 1. The van der Waals surface area contributed by atoms with Crippen LogP contribution >= 0.6 is 0 Å². The summed E-state index contributed by atoms with van der Waals surface area (Å²) in [7, 11) is 1.51. The summed E-state index contributed by atoms with van der Waals surface area (Å²) < 4.78 is 31.8. The van der Waals surface area contributed by atoms with Gasteiger partial charge in [-0.05, 0) is 31.0 Å². The number of hydrogen-bond acceptors (Lipinski definition) is 5. The van der Waals surface area contributed by atoms with E-state index in [9.17, 15) is 13.9 Å². The molecule has 1 saturated heterocycles. The Labute approximate surface area is 132 Å². The highest BCUT2D eigenvalue weighted by Gasteiger charge is 2.34. The van der Waals surface area contributed by atoms with Gasteiger partial charge in [0.15, 0.2) is 11.6 Å². The van der Waals surface area contributed by atoms with E-state index < -0.39 is 17.7 Å². The number of rotatable bonds is 3. The number of methoxy groups -OCH3 is 1. The lowest BCUT2D eigenvalue weighted by molar-refractivity contribution is 0.194. The van der Waals surface area contributed by atoms with Crippen LogP contribution in [-0.2, 0) is 0 Å². The van der Waals surface area contributed by atoms with Crippen LogP contribution in [0.1, 0.15) is 23.7 Å². The molecule has 0 saturated carbocycles. The molecule has 0 spiro atoms. The molecule has 0 radical (unpaired) electrons. The van der Waals surface area contributed by atoms with Crippen molar-refractivity contribution in [1.82, 2.24) is 9.97 Å². The maximum absolute atomic E-state index is 13.5. The standard InChI is InChI=1S/C16H17F2N3O2/c1-9-5-15(23-2)20-16(19-9)21-8-11(22)7-14(21)10-3-4-12(17)13(18)6-10/h3-6,11,14,22H,7-8H2,1-2H3/t11-,14+/m0/s1. The fourth-order valence-corrected chi connectivity index (χ4v) is 2.83. The molecule has 2 atom stereocenters. The second kappa shape index (κ2) is 6.08. The van der Waals surface area contributed by atoms with E-state index in [1.807, 2.05) is 6.92 Å². The lowest BCUT2D eigenvalue weighted by Gasteiger charge is -2.25. The van der Waals surface area contributed by atoms with Gasteiger partial charge in [0, 0.05) is 18.3 Å². The van der Waals surface area contributed by atoms with Crippen LogP contribution in [0.3, 0.4) is 0 Å². The minimum atomic E-state index is -0.911. The van der Waals surface area contributed by atoms with E-state index in [0.29, 0.717) is 30.4 Å². The first-order valence-corrected chi connectivity index (χ1v) is 7.27. The van der Waals surface area contributed by atoms with Crippen LogP contribution in [0.15, 0.2) is 24.3 Å². The molecule has 2 heterocycles. The summed E-state index contributed by atoms with van der Waals surface area (Å²) in [5.74, 6) is -0.995. The third kappa shape index (κ3) is 3.10. The number of aromatic nitrogens is 2. The van der Waals surface area contributed by atoms with Crippen LogP contribution in [0.4, 0.5) is 14.7 Å². The third-order valence-electron chi connectivity index (χ3n) is 3.89. The molecule has 0 bridgehead atoms. The number of hydrogen-bond donors (Lipinski definition) is 1. The molecule has 122 valence electrons. The van der Waals surface area contributed by atoms with Gasteiger partial charge < -0.3 is 14.7 Å². The van der Waals surface area contributed by atoms with Gasteiger partial charge in [0.1, 0.15) is 0 Å². The molecule has 2 aromatic rings. The molecule has 5 nitrogen and oxygen atoms in total. The molecule has 0 aliphatic carbocycles. The van der Waals surface area contributed by atoms with E-state index in [1.165, 1.54) is 13.2 Å². The highest BCUT2D eigenvalue weighted by molar-refractivity contribution is 5.41. The van der Waals surface area contributed by atoms with Crippen molar-refractivity contribution in [2.45, 2.75) is 25.5 Å². The van der Waals surface area contributed by atoms with Crippen molar-refractivity contribution in [3.63, 3.8) is 0 Å². The first kappa shape index (κ1) is 15.6. The van der Waals surface area contributed by atoms with Crippen LogP contribution in [0.25, 0.3) is 0 Å². The van der Waals surface area contributed by atoms with E-state index in [1.54, 1.807) is 11.0 Å². The third-order valence-corrected chi connectivity index (χ3v) is 3.89. The Hall–Kier alpha value is -2.28. The zero-order valence-electron chi connectivity index (χ0n) is 12.8. The lowest BCUT2D eigenvalue weighted by atomic mass is 10.0. The van der Waals surface area contributed by atoms with Gasteiger partial charge in [0.05, 0.1) is 19.3 Å². The second-order valence-electron chi connectivity index (χ2n) is 5.58. The molecule has 3 rings (SSSR count). The molecule has 7 heteroatoms. The van der Waals surface area contributed by atoms with Crippen molar-refractivity contribution in [1.29, 1.82) is 0 Å². The van der Waals surface area contributed by atoms with Crippen LogP contribution in [-0.4, -0.2) is 34.8 Å². The smallest absolute Gasteiger partial charge is 0.229 e. The van der Waals surface area contributed by atoms with E-state index in [4.69, 9.17) is 4.74 Å². The van der Waals surface area contributed by atoms with Crippen molar-refractivity contribution in [3.05, 3.63) is 47.2 Å². The average Bonchev–Trinajstić information content (AvgIpc) is 2.91. The quantitative estimate of drug-likeness (QED) is 0.940. The number of benzene rings is 1. The molecule has 23 heavy (non-hydrogen) atoms. The van der Waals surface area contributed by atoms with Crippen molar-refractivity contribution in [3.8, 4) is 5.88 Å². The summed E-state index contributed by atoms with van der Waals surface area (Å²) in [5, 5.41) is 10.0. The van der Waals surface area contributed by atoms with Crippen molar-refractivity contribution >= 4 is 5.95 Å². The number of halogens is 2. The molecular weight excluding hydrogens is 304 g/mol. The molecular formula is C16H17F2N3O2. The molecule has 1 N–H and O–H groups in total. The summed E-state index contributed by atoms with van der Waals surface area (Å²) in [6.07, 6.45) is -0.201. The Balaban J connectivity index is 1.99. The number of nitrogens with zero attached hydrogens (tertiary/aromatic N) is 3. The Morgan fingerprint density at radius 3 is 2.70 bits per heavy atom. The number of β-amino-alcohol motifs (C(OH)–C–C–N with tert-alkyl or cyclic N) is 1. The van der Waals surface area contributed by atoms with Crippen molar-refractivity contribution in [2.75, 3.05) is 18.6 Å². The first-order chi connectivity index (χ1) is 11.0. The van der Waals surface area contributed by atoms with Crippen molar-refractivity contribution in [2.24, 2.45) is 0 Å². The maximum atomic E-state index is 13.5. The minimum absolute atomic E-state index is 0.316. The minimum Gasteiger partial charge on any atom is -0.481 e. The topological polar surface area (TPSA) is 58.5 Å². The Kier molecular flexibility index (Phi) is 4.12. The average molecular weight is 321 g/mol. The summed E-state index contributed by atoms with van der Waals surface area (Å²) >= 11 is 0. The lowest BCUT2D eigenvalue weighted by Crippen LogP contribution is -2.26. The van der Waals surface area contributed by atoms with E-state index >= 15 is 0 Å². The largest absolute Gasteiger partial charge is 0.481 e. The van der Waals surface area contributed by atoms with Gasteiger partial charge in [-0.25, -0.2) is 13.8 Å². The van der Waals surface area contributed by atoms with Crippen LogP contribution < -0.4 is 9.64 Å². The Morgan fingerprint density at radius 1 is 1.22 bits per heavy atom. The van der Waals surface area contributed by atoms with E-state index in [2.05, 4.69) is 9.97 Å². The zero-order valence-corrected chi connectivity index (χ0v) is 12.8. The second-order valence-corrected chi connectivity index (χ2v) is 5.58. The van der Waals surface area contributed by atoms with Crippen LogP contribution in [0, 0.1) is 18.6 Å². The summed E-state index contributed by atoms with van der Waals surface area (Å²) in [6.45, 7) is 2.13. The summed E-state index contributed by atoms with van der Waals surface area (Å²) in [5.41, 5.74) is 1.29. The number of aliphatic hydroxyl groups is 1. The number of ether oxygens (including phenoxy) is 1. The molecule has 1 aliphatic heterocycles. The van der Waals surface area contributed by atoms with E-state index in [-0.39, 0.29) is 6.04 Å². The molecule has 0 unspecified atom stereocenters. The van der Waals surface area contributed by atoms with E-state index in [0.717, 1.165) is 17.8 Å². The predicted octanol–water partition coefficient (Wildman–Crippen LogP) is 2.38. The summed E-state index contributed by atoms with van der Waals surface area (Å²) in [4.78, 5) is 10.5. The normalized spacial score (nSPS) is 20.8. The summed E-state index contributed by atoms with van der Waals surface area (Å²) in [6, 6.07) is 5.12. The fraction of sp³-hybridized carbons (Fsp3) is 0.375. The SMILES string of the molecule is COc1cc(C)nc(N2C[C@@H](O)C[C@@H]2c2ccc(F)c(F)c2)n1. The van der Waals surface area contributed by atoms with Gasteiger partial charge in [0.25, 0.3) is 0 Å². The number of aryl methyl sites for hydroxylation is 1. The highest BCUT2D eigenvalue weighted by atomic mass is 19.2. The van der Waals surface area contributed by atoms with Gasteiger partial charge in [-0.2, -0.15) is 4.98 Å². The van der Waals surface area contributed by atoms with Gasteiger partial charge in [-0.3, -0.25) is 0 Å². The molecule has 1 fully saturated rings. The number of anilines is 1. The Bertz CT molecular complexity index is 726. The molecule has 1 aliphatic rings. The Morgan fingerprint density at radius 2 is 2.00 bits per heavy atom.